The van der Waals surface area contributed by atoms with E-state index in [2.05, 4.69) is 107 Å². The monoisotopic (exact) mass is 439 g/mol. The largest absolute Gasteiger partial charge is 0.372 e. The van der Waals surface area contributed by atoms with Crippen molar-refractivity contribution in [1.82, 2.24) is 0 Å². The van der Waals surface area contributed by atoms with Crippen molar-refractivity contribution in [1.29, 1.82) is 0 Å². The molecule has 1 nitrogen and oxygen atoms in total. The van der Waals surface area contributed by atoms with Crippen LogP contribution in [0.4, 0.5) is 5.69 Å². The van der Waals surface area contributed by atoms with E-state index in [4.69, 9.17) is 0 Å². The number of anilines is 1. The van der Waals surface area contributed by atoms with Gasteiger partial charge in [0.05, 0.1) is 0 Å². The van der Waals surface area contributed by atoms with Crippen molar-refractivity contribution in [3.63, 3.8) is 0 Å². The molecule has 3 aromatic rings. The van der Waals surface area contributed by atoms with E-state index in [1.807, 2.05) is 0 Å². The van der Waals surface area contributed by atoms with Crippen LogP contribution in [0.15, 0.2) is 60.7 Å². The van der Waals surface area contributed by atoms with Gasteiger partial charge in [-0.15, -0.1) is 0 Å². The average Bonchev–Trinajstić information content (AvgIpc) is 2.83. The number of hydrogen-bond acceptors (Lipinski definition) is 1. The molecule has 33 heavy (non-hydrogen) atoms. The molecule has 0 radical (unpaired) electrons. The predicted molar refractivity (Wildman–Crippen MR) is 146 cm³/mol. The van der Waals surface area contributed by atoms with Gasteiger partial charge in [-0.1, -0.05) is 90.1 Å². The molecule has 1 heteroatoms. The molecule has 0 N–H and O–H groups in total. The lowest BCUT2D eigenvalue weighted by Gasteiger charge is -2.31. The Morgan fingerprint density at radius 3 is 1.73 bits per heavy atom. The molecule has 0 amide bonds. The first-order valence-electron chi connectivity index (χ1n) is 13.0. The summed E-state index contributed by atoms with van der Waals surface area (Å²) >= 11 is 0. The van der Waals surface area contributed by atoms with Gasteiger partial charge in [-0.05, 0) is 88.1 Å². The average molecular weight is 440 g/mol. The van der Waals surface area contributed by atoms with Gasteiger partial charge in [0, 0.05) is 18.8 Å². The molecule has 1 aliphatic heterocycles. The molecule has 3 aromatic carbocycles. The summed E-state index contributed by atoms with van der Waals surface area (Å²) in [6.45, 7) is 16.5. The first-order valence-corrected chi connectivity index (χ1v) is 13.0. The van der Waals surface area contributed by atoms with Gasteiger partial charge in [0.1, 0.15) is 0 Å². The molecule has 4 rings (SSSR count). The number of hydrogen-bond donors (Lipinski definition) is 0. The Balaban J connectivity index is 2.01. The van der Waals surface area contributed by atoms with Gasteiger partial charge in [0.25, 0.3) is 0 Å². The highest BCUT2D eigenvalue weighted by atomic mass is 15.1. The Morgan fingerprint density at radius 1 is 0.576 bits per heavy atom. The number of nitrogens with zero attached hydrogens (tertiary/aromatic N) is 1. The van der Waals surface area contributed by atoms with Crippen molar-refractivity contribution in [2.45, 2.75) is 78.6 Å². The van der Waals surface area contributed by atoms with E-state index in [1.54, 1.807) is 0 Å². The maximum atomic E-state index is 2.58. The van der Waals surface area contributed by atoms with Crippen molar-refractivity contribution >= 4 is 5.69 Å². The van der Waals surface area contributed by atoms with Crippen LogP contribution in [0.5, 0.6) is 0 Å². The Bertz CT molecular complexity index is 1070. The molecule has 0 spiro atoms. The number of piperidine rings is 1. The van der Waals surface area contributed by atoms with Crippen LogP contribution in [-0.2, 0) is 0 Å². The van der Waals surface area contributed by atoms with Crippen LogP contribution in [0.1, 0.15) is 95.2 Å². The maximum absolute atomic E-state index is 2.58. The third kappa shape index (κ3) is 4.88. The Kier molecular flexibility index (Phi) is 7.27. The normalized spacial score (nSPS) is 14.5. The zero-order valence-electron chi connectivity index (χ0n) is 21.5. The Morgan fingerprint density at radius 2 is 1.15 bits per heavy atom. The molecule has 1 heterocycles. The molecule has 0 saturated carbocycles. The highest BCUT2D eigenvalue weighted by molar-refractivity contribution is 5.85. The fourth-order valence-electron chi connectivity index (χ4n) is 5.50. The third-order valence-corrected chi connectivity index (χ3v) is 7.17. The molecule has 1 fully saturated rings. The van der Waals surface area contributed by atoms with Crippen molar-refractivity contribution in [2.75, 3.05) is 18.0 Å². The Labute approximate surface area is 201 Å². The van der Waals surface area contributed by atoms with Crippen LogP contribution >= 0.6 is 0 Å². The zero-order valence-corrected chi connectivity index (χ0v) is 21.5. The molecule has 1 saturated heterocycles. The number of benzene rings is 3. The fourth-order valence-corrected chi connectivity index (χ4v) is 5.50. The van der Waals surface area contributed by atoms with E-state index in [0.29, 0.717) is 17.8 Å². The van der Waals surface area contributed by atoms with Crippen LogP contribution < -0.4 is 4.90 Å². The van der Waals surface area contributed by atoms with Gasteiger partial charge < -0.3 is 4.90 Å². The standard InChI is InChI=1S/C32H41N/c1-22(2)28-21-29(23(3)4)32(30(24(5)6)31(28)25-14-9-7-10-15-25)26-16-13-17-27(20-26)33-18-11-8-12-19-33/h7,9-10,13-17,20-24H,8,11-12,18-19H2,1-6H3. The molecule has 174 valence electrons. The van der Waals surface area contributed by atoms with Gasteiger partial charge in [0.2, 0.25) is 0 Å². The molecule has 0 bridgehead atoms. The van der Waals surface area contributed by atoms with E-state index >= 15 is 0 Å². The summed E-state index contributed by atoms with van der Waals surface area (Å²) in [5.41, 5.74) is 11.5. The smallest absolute Gasteiger partial charge is 0.0372 e. The summed E-state index contributed by atoms with van der Waals surface area (Å²) < 4.78 is 0. The lowest BCUT2D eigenvalue weighted by Crippen LogP contribution is -2.29. The highest BCUT2D eigenvalue weighted by Gasteiger charge is 2.25. The summed E-state index contributed by atoms with van der Waals surface area (Å²) in [5.74, 6) is 1.38. The van der Waals surface area contributed by atoms with Crippen LogP contribution in [0.2, 0.25) is 0 Å². The number of rotatable bonds is 6. The van der Waals surface area contributed by atoms with E-state index in [-0.39, 0.29) is 0 Å². The quantitative estimate of drug-likeness (QED) is 0.370. The summed E-state index contributed by atoms with van der Waals surface area (Å²) in [5, 5.41) is 0. The Hall–Kier alpha value is -2.54. The molecular formula is C32H41N. The van der Waals surface area contributed by atoms with Gasteiger partial charge in [-0.3, -0.25) is 0 Å². The molecule has 0 atom stereocenters. The van der Waals surface area contributed by atoms with Crippen LogP contribution in [-0.4, -0.2) is 13.1 Å². The first kappa shape index (κ1) is 23.6. The molecule has 0 aromatic heterocycles. The topological polar surface area (TPSA) is 3.24 Å². The van der Waals surface area contributed by atoms with Crippen LogP contribution in [0, 0.1) is 0 Å². The molecule has 0 unspecified atom stereocenters. The maximum Gasteiger partial charge on any atom is 0.0372 e. The van der Waals surface area contributed by atoms with Gasteiger partial charge in [0.15, 0.2) is 0 Å². The molecule has 1 aliphatic rings. The minimum atomic E-state index is 0.435. The molecular weight excluding hydrogens is 398 g/mol. The third-order valence-electron chi connectivity index (χ3n) is 7.17. The second-order valence-corrected chi connectivity index (χ2v) is 10.6. The van der Waals surface area contributed by atoms with Crippen molar-refractivity contribution in [3.8, 4) is 22.3 Å². The van der Waals surface area contributed by atoms with Crippen molar-refractivity contribution in [2.24, 2.45) is 0 Å². The minimum Gasteiger partial charge on any atom is -0.372 e. The highest BCUT2D eigenvalue weighted by Crippen LogP contribution is 2.46. The van der Waals surface area contributed by atoms with E-state index < -0.39 is 0 Å². The molecule has 0 aliphatic carbocycles. The van der Waals surface area contributed by atoms with Crippen LogP contribution in [0.25, 0.3) is 22.3 Å². The van der Waals surface area contributed by atoms with Crippen molar-refractivity contribution in [3.05, 3.63) is 77.4 Å². The minimum absolute atomic E-state index is 0.435. The SMILES string of the molecule is CC(C)c1cc(C(C)C)c(-c2cccc(N3CCCCC3)c2)c(C(C)C)c1-c1ccccc1. The van der Waals surface area contributed by atoms with Crippen molar-refractivity contribution < 1.29 is 0 Å². The van der Waals surface area contributed by atoms with Gasteiger partial charge in [-0.25, -0.2) is 0 Å². The summed E-state index contributed by atoms with van der Waals surface area (Å²) in [4.78, 5) is 2.58. The summed E-state index contributed by atoms with van der Waals surface area (Å²) in [6.07, 6.45) is 3.97. The van der Waals surface area contributed by atoms with E-state index in [0.717, 1.165) is 0 Å². The lowest BCUT2D eigenvalue weighted by atomic mass is 9.76. The van der Waals surface area contributed by atoms with E-state index in [1.165, 1.54) is 77.0 Å². The zero-order chi connectivity index (χ0) is 23.5. The lowest BCUT2D eigenvalue weighted by molar-refractivity contribution is 0.578. The van der Waals surface area contributed by atoms with Gasteiger partial charge in [-0.2, -0.15) is 0 Å². The van der Waals surface area contributed by atoms with Crippen LogP contribution in [0.3, 0.4) is 0 Å². The first-order chi connectivity index (χ1) is 15.9. The summed E-state index contributed by atoms with van der Waals surface area (Å²) in [6, 6.07) is 22.9. The predicted octanol–water partition coefficient (Wildman–Crippen LogP) is 9.38. The fraction of sp³-hybridized carbons (Fsp3) is 0.438. The van der Waals surface area contributed by atoms with Gasteiger partial charge >= 0.3 is 0 Å². The van der Waals surface area contributed by atoms with E-state index in [9.17, 15) is 0 Å². The second kappa shape index (κ2) is 10.2. The second-order valence-electron chi connectivity index (χ2n) is 10.6. The summed E-state index contributed by atoms with van der Waals surface area (Å²) in [7, 11) is 0.